The van der Waals surface area contributed by atoms with Gasteiger partial charge in [0.25, 0.3) is 0 Å². The van der Waals surface area contributed by atoms with Crippen molar-refractivity contribution in [3.8, 4) is 11.5 Å². The minimum absolute atomic E-state index is 0.241. The Balaban J connectivity index is 2.48. The van der Waals surface area contributed by atoms with Crippen molar-refractivity contribution in [1.29, 1.82) is 0 Å². The molecular weight excluding hydrogens is 336 g/mol. The molecule has 0 aliphatic carbocycles. The van der Waals surface area contributed by atoms with Crippen molar-refractivity contribution in [2.45, 2.75) is 32.7 Å². The summed E-state index contributed by atoms with van der Waals surface area (Å²) in [7, 11) is 1.63. The van der Waals surface area contributed by atoms with Crippen LogP contribution in [0, 0.1) is 0 Å². The second-order valence-electron chi connectivity index (χ2n) is 4.64. The maximum atomic E-state index is 10.6. The molecule has 0 heterocycles. The Kier molecular flexibility index (Phi) is 8.15. The molecule has 1 aromatic carbocycles. The first kappa shape index (κ1) is 17.8. The molecule has 5 nitrogen and oxygen atoms in total. The Hall–Kier alpha value is -1.27. The first-order chi connectivity index (χ1) is 10.1. The standard InChI is InChI=1S/C15H23BrN2O3/c1-3-21-15-12(16)8-11(9-13(15)20-2)10-18-7-5-4-6-14(17)19/h8-9,18H,3-7,10H2,1-2H3,(H2,17,19). The highest BCUT2D eigenvalue weighted by molar-refractivity contribution is 9.10. The average molecular weight is 359 g/mol. The molecule has 0 aliphatic rings. The Bertz CT molecular complexity index is 466. The van der Waals surface area contributed by atoms with Crippen molar-refractivity contribution in [2.24, 2.45) is 5.73 Å². The van der Waals surface area contributed by atoms with Crippen molar-refractivity contribution in [2.75, 3.05) is 20.3 Å². The smallest absolute Gasteiger partial charge is 0.217 e. The molecule has 0 spiro atoms. The molecule has 21 heavy (non-hydrogen) atoms. The van der Waals surface area contributed by atoms with E-state index in [2.05, 4.69) is 21.2 Å². The van der Waals surface area contributed by atoms with Gasteiger partial charge in [0.2, 0.25) is 5.91 Å². The number of hydrogen-bond donors (Lipinski definition) is 2. The molecule has 0 aromatic heterocycles. The summed E-state index contributed by atoms with van der Waals surface area (Å²) in [4.78, 5) is 10.6. The highest BCUT2D eigenvalue weighted by Crippen LogP contribution is 2.36. The van der Waals surface area contributed by atoms with Gasteiger partial charge in [-0.1, -0.05) is 0 Å². The van der Waals surface area contributed by atoms with Crippen molar-refractivity contribution in [1.82, 2.24) is 5.32 Å². The van der Waals surface area contributed by atoms with Crippen LogP contribution in [0.2, 0.25) is 0 Å². The van der Waals surface area contributed by atoms with Crippen LogP contribution in [0.3, 0.4) is 0 Å². The lowest BCUT2D eigenvalue weighted by molar-refractivity contribution is -0.118. The number of primary amides is 1. The first-order valence-corrected chi connectivity index (χ1v) is 7.86. The van der Waals surface area contributed by atoms with Crippen LogP contribution >= 0.6 is 15.9 Å². The summed E-state index contributed by atoms with van der Waals surface area (Å²) < 4.78 is 11.8. The number of benzene rings is 1. The van der Waals surface area contributed by atoms with E-state index in [-0.39, 0.29) is 5.91 Å². The Morgan fingerprint density at radius 2 is 2.14 bits per heavy atom. The number of methoxy groups -OCH3 is 1. The zero-order valence-corrected chi connectivity index (χ0v) is 14.2. The highest BCUT2D eigenvalue weighted by Gasteiger charge is 2.10. The number of unbranched alkanes of at least 4 members (excludes halogenated alkanes) is 1. The first-order valence-electron chi connectivity index (χ1n) is 7.06. The van der Waals surface area contributed by atoms with Gasteiger partial charge in [-0.15, -0.1) is 0 Å². The predicted octanol–water partition coefficient (Wildman–Crippen LogP) is 2.60. The summed E-state index contributed by atoms with van der Waals surface area (Å²) in [5.74, 6) is 1.21. The topological polar surface area (TPSA) is 73.6 Å². The normalized spacial score (nSPS) is 10.4. The Morgan fingerprint density at radius 3 is 2.76 bits per heavy atom. The van der Waals surface area contributed by atoms with Crippen LogP contribution in [0.1, 0.15) is 31.7 Å². The quantitative estimate of drug-likeness (QED) is 0.630. The van der Waals surface area contributed by atoms with Crippen LogP contribution in [-0.2, 0) is 11.3 Å². The highest BCUT2D eigenvalue weighted by atomic mass is 79.9. The summed E-state index contributed by atoms with van der Waals surface area (Å²) in [6, 6.07) is 3.98. The number of halogens is 1. The Labute approximate surface area is 134 Å². The molecule has 118 valence electrons. The van der Waals surface area contributed by atoms with Gasteiger partial charge < -0.3 is 20.5 Å². The van der Waals surface area contributed by atoms with E-state index in [0.29, 0.717) is 13.0 Å². The van der Waals surface area contributed by atoms with E-state index in [1.807, 2.05) is 19.1 Å². The number of carbonyl (C=O) groups excluding carboxylic acids is 1. The van der Waals surface area contributed by atoms with Crippen molar-refractivity contribution in [3.63, 3.8) is 0 Å². The number of carbonyl (C=O) groups is 1. The fraction of sp³-hybridized carbons (Fsp3) is 0.533. The molecule has 3 N–H and O–H groups in total. The van der Waals surface area contributed by atoms with Gasteiger partial charge in [-0.3, -0.25) is 4.79 Å². The summed E-state index contributed by atoms with van der Waals surface area (Å²) in [5.41, 5.74) is 6.20. The monoisotopic (exact) mass is 358 g/mol. The van der Waals surface area contributed by atoms with E-state index in [4.69, 9.17) is 15.2 Å². The van der Waals surface area contributed by atoms with Gasteiger partial charge in [-0.2, -0.15) is 0 Å². The molecule has 0 aliphatic heterocycles. The number of nitrogens with one attached hydrogen (secondary N) is 1. The molecular formula is C15H23BrN2O3. The molecule has 0 saturated heterocycles. The third-order valence-electron chi connectivity index (χ3n) is 2.93. The van der Waals surface area contributed by atoms with E-state index in [1.54, 1.807) is 7.11 Å². The van der Waals surface area contributed by atoms with Gasteiger partial charge in [0.1, 0.15) is 0 Å². The lowest BCUT2D eigenvalue weighted by Crippen LogP contribution is -2.16. The second-order valence-corrected chi connectivity index (χ2v) is 5.50. The molecule has 0 radical (unpaired) electrons. The molecule has 1 aromatic rings. The molecule has 1 amide bonds. The van der Waals surface area contributed by atoms with Crippen molar-refractivity contribution < 1.29 is 14.3 Å². The summed E-state index contributed by atoms with van der Waals surface area (Å²) in [6.45, 7) is 4.11. The van der Waals surface area contributed by atoms with Gasteiger partial charge in [0.15, 0.2) is 11.5 Å². The Morgan fingerprint density at radius 1 is 1.38 bits per heavy atom. The van der Waals surface area contributed by atoms with Crippen LogP contribution in [-0.4, -0.2) is 26.2 Å². The summed E-state index contributed by atoms with van der Waals surface area (Å²) >= 11 is 3.51. The molecule has 0 bridgehead atoms. The fourth-order valence-electron chi connectivity index (χ4n) is 1.94. The molecule has 6 heteroatoms. The van der Waals surface area contributed by atoms with Crippen molar-refractivity contribution >= 4 is 21.8 Å². The second kappa shape index (κ2) is 9.63. The number of amides is 1. The number of hydrogen-bond acceptors (Lipinski definition) is 4. The van der Waals surface area contributed by atoms with E-state index in [1.165, 1.54) is 0 Å². The van der Waals surface area contributed by atoms with E-state index in [0.717, 1.165) is 47.5 Å². The van der Waals surface area contributed by atoms with Crippen LogP contribution in [0.5, 0.6) is 11.5 Å². The minimum Gasteiger partial charge on any atom is -0.493 e. The molecule has 0 fully saturated rings. The number of nitrogens with two attached hydrogens (primary N) is 1. The van der Waals surface area contributed by atoms with Gasteiger partial charge >= 0.3 is 0 Å². The number of ether oxygens (including phenoxy) is 2. The van der Waals surface area contributed by atoms with Gasteiger partial charge in [0, 0.05) is 13.0 Å². The molecule has 0 saturated carbocycles. The van der Waals surface area contributed by atoms with E-state index in [9.17, 15) is 4.79 Å². The summed E-state index contributed by atoms with van der Waals surface area (Å²) in [6.07, 6.45) is 2.20. The van der Waals surface area contributed by atoms with Crippen LogP contribution in [0.4, 0.5) is 0 Å². The molecule has 0 atom stereocenters. The third kappa shape index (κ3) is 6.35. The largest absolute Gasteiger partial charge is 0.493 e. The zero-order chi connectivity index (χ0) is 15.7. The zero-order valence-electron chi connectivity index (χ0n) is 12.6. The van der Waals surface area contributed by atoms with E-state index < -0.39 is 0 Å². The van der Waals surface area contributed by atoms with Crippen LogP contribution in [0.25, 0.3) is 0 Å². The summed E-state index contributed by atoms with van der Waals surface area (Å²) in [5, 5.41) is 3.34. The van der Waals surface area contributed by atoms with Crippen LogP contribution < -0.4 is 20.5 Å². The van der Waals surface area contributed by atoms with Gasteiger partial charge in [-0.05, 0) is 59.9 Å². The van der Waals surface area contributed by atoms with Gasteiger partial charge in [-0.25, -0.2) is 0 Å². The van der Waals surface area contributed by atoms with Gasteiger partial charge in [0.05, 0.1) is 18.2 Å². The molecule has 1 rings (SSSR count). The maximum absolute atomic E-state index is 10.6. The lowest BCUT2D eigenvalue weighted by Gasteiger charge is -2.13. The molecule has 0 unspecified atom stereocenters. The minimum atomic E-state index is -0.241. The predicted molar refractivity (Wildman–Crippen MR) is 86.6 cm³/mol. The third-order valence-corrected chi connectivity index (χ3v) is 3.52. The average Bonchev–Trinajstić information content (AvgIpc) is 2.44. The maximum Gasteiger partial charge on any atom is 0.217 e. The number of rotatable bonds is 10. The van der Waals surface area contributed by atoms with Crippen LogP contribution in [0.15, 0.2) is 16.6 Å². The fourth-order valence-corrected chi connectivity index (χ4v) is 2.55. The lowest BCUT2D eigenvalue weighted by atomic mass is 10.2. The van der Waals surface area contributed by atoms with E-state index >= 15 is 0 Å². The SMILES string of the molecule is CCOc1c(Br)cc(CNCCCCC(N)=O)cc1OC. The van der Waals surface area contributed by atoms with Crippen molar-refractivity contribution in [3.05, 3.63) is 22.2 Å².